The molecule has 2 N–H and O–H groups in total. The Balaban J connectivity index is 0.00000187. The van der Waals surface area contributed by atoms with E-state index in [9.17, 15) is 31.1 Å². The van der Waals surface area contributed by atoms with E-state index in [1.807, 2.05) is 35.1 Å². The highest BCUT2D eigenvalue weighted by atomic mass is 127. The quantitative estimate of drug-likeness (QED) is 0.336. The second kappa shape index (κ2) is 10.4. The summed E-state index contributed by atoms with van der Waals surface area (Å²) in [5, 5.41) is 18.9. The SMILES string of the molecule is CC.CC(O)(C1CCc2c(S(=O)(=O)Nc3ccc(C#N)cc3F)cn(SI)c2C1)C(F)(F)F. The van der Waals surface area contributed by atoms with E-state index in [1.165, 1.54) is 16.2 Å². The Kier molecular flexibility index (Phi) is 8.75. The maximum Gasteiger partial charge on any atom is 0.417 e. The van der Waals surface area contributed by atoms with E-state index >= 15 is 0 Å². The molecule has 2 unspecified atom stereocenters. The Morgan fingerprint density at radius 3 is 2.48 bits per heavy atom. The highest BCUT2D eigenvalue weighted by Crippen LogP contribution is 2.44. The average Bonchev–Trinajstić information content (AvgIpc) is 3.14. The standard InChI is InChI=1S/C18H16F4IN3O3S2.C2H6/c1-17(27,18(20,21)22)11-3-4-12-15(7-11)26(30-23)9-16(12)31(28,29)25-14-5-2-10(8-24)6-13(14)19;1-2/h2,5-6,9,11,25,27H,3-4,7H2,1H3;1-2H3. The van der Waals surface area contributed by atoms with Crippen LogP contribution in [0.4, 0.5) is 23.2 Å². The molecule has 2 aromatic rings. The first-order valence-electron chi connectivity index (χ1n) is 9.85. The lowest BCUT2D eigenvalue weighted by molar-refractivity contribution is -0.273. The number of aliphatic hydroxyl groups is 1. The van der Waals surface area contributed by atoms with Crippen molar-refractivity contribution >= 4 is 46.0 Å². The number of benzene rings is 1. The fourth-order valence-electron chi connectivity index (χ4n) is 3.54. The third-order valence-electron chi connectivity index (χ3n) is 5.40. The number of halogens is 5. The number of nitrogens with one attached hydrogen (secondary N) is 1. The Hall–Kier alpha value is -1.50. The summed E-state index contributed by atoms with van der Waals surface area (Å²) in [6, 6.07) is 5.01. The summed E-state index contributed by atoms with van der Waals surface area (Å²) >= 11 is 1.87. The summed E-state index contributed by atoms with van der Waals surface area (Å²) in [7, 11) is -3.19. The molecule has 1 aromatic heterocycles. The second-order valence-electron chi connectivity index (χ2n) is 7.31. The van der Waals surface area contributed by atoms with Crippen molar-refractivity contribution in [3.05, 3.63) is 47.0 Å². The van der Waals surface area contributed by atoms with Crippen molar-refractivity contribution in [3.63, 3.8) is 0 Å². The molecule has 13 heteroatoms. The molecule has 6 nitrogen and oxygen atoms in total. The molecule has 0 fully saturated rings. The molecule has 0 bridgehead atoms. The fraction of sp³-hybridized carbons (Fsp3) is 0.450. The zero-order valence-electron chi connectivity index (χ0n) is 17.9. The van der Waals surface area contributed by atoms with Gasteiger partial charge >= 0.3 is 6.18 Å². The lowest BCUT2D eigenvalue weighted by Crippen LogP contribution is -2.50. The number of rotatable bonds is 5. The van der Waals surface area contributed by atoms with Crippen molar-refractivity contribution in [2.24, 2.45) is 5.92 Å². The molecule has 182 valence electrons. The van der Waals surface area contributed by atoms with Gasteiger partial charge < -0.3 is 5.11 Å². The fourth-order valence-corrected chi connectivity index (χ4v) is 6.43. The molecule has 33 heavy (non-hydrogen) atoms. The number of nitriles is 1. The first-order valence-corrected chi connectivity index (χ1v) is 14.7. The molecule has 1 aliphatic rings. The predicted octanol–water partition coefficient (Wildman–Crippen LogP) is 5.59. The number of anilines is 1. The Morgan fingerprint density at radius 1 is 1.33 bits per heavy atom. The monoisotopic (exact) mass is 619 g/mol. The van der Waals surface area contributed by atoms with Crippen LogP contribution >= 0.6 is 30.3 Å². The van der Waals surface area contributed by atoms with E-state index in [-0.39, 0.29) is 35.4 Å². The molecule has 0 radical (unpaired) electrons. The van der Waals surface area contributed by atoms with Crippen LogP contribution in [0.15, 0.2) is 29.3 Å². The van der Waals surface area contributed by atoms with Gasteiger partial charge in [0, 0.05) is 48.1 Å². The summed E-state index contributed by atoms with van der Waals surface area (Å²) in [6.45, 7) is 4.72. The molecule has 0 aliphatic heterocycles. The molecule has 0 spiro atoms. The van der Waals surface area contributed by atoms with Gasteiger partial charge in [-0.3, -0.25) is 8.69 Å². The van der Waals surface area contributed by atoms with Crippen LogP contribution in [-0.4, -0.2) is 29.3 Å². The lowest BCUT2D eigenvalue weighted by Gasteiger charge is -2.37. The van der Waals surface area contributed by atoms with E-state index in [0.29, 0.717) is 11.3 Å². The molecule has 0 saturated carbocycles. The van der Waals surface area contributed by atoms with E-state index < -0.39 is 33.5 Å². The Bertz CT molecular complexity index is 1160. The van der Waals surface area contributed by atoms with Crippen LogP contribution in [0.5, 0.6) is 0 Å². The minimum atomic E-state index is -4.83. The van der Waals surface area contributed by atoms with Crippen LogP contribution in [0, 0.1) is 23.1 Å². The van der Waals surface area contributed by atoms with Gasteiger partial charge in [0.25, 0.3) is 10.0 Å². The Labute approximate surface area is 206 Å². The van der Waals surface area contributed by atoms with Crippen molar-refractivity contribution in [3.8, 4) is 6.07 Å². The number of alkyl halides is 3. The maximum atomic E-state index is 14.2. The van der Waals surface area contributed by atoms with Gasteiger partial charge in [0.2, 0.25) is 0 Å². The molecular formula is C20H22F4IN3O3S2. The van der Waals surface area contributed by atoms with Gasteiger partial charge in [0.15, 0.2) is 5.60 Å². The van der Waals surface area contributed by atoms with Crippen LogP contribution in [0.1, 0.15) is 44.0 Å². The largest absolute Gasteiger partial charge is 0.417 e. The summed E-state index contributed by atoms with van der Waals surface area (Å²) in [5.74, 6) is -2.07. The van der Waals surface area contributed by atoms with Gasteiger partial charge in [-0.05, 0) is 49.9 Å². The van der Waals surface area contributed by atoms with Gasteiger partial charge in [0.05, 0.1) is 17.3 Å². The first-order chi connectivity index (χ1) is 15.3. The normalized spacial score (nSPS) is 17.8. The number of fused-ring (bicyclic) bond motifs is 1. The van der Waals surface area contributed by atoms with Crippen molar-refractivity contribution in [1.82, 2.24) is 3.97 Å². The number of sulfonamides is 1. The zero-order valence-corrected chi connectivity index (χ0v) is 21.7. The zero-order chi connectivity index (χ0) is 25.2. The number of nitrogens with zero attached hydrogens (tertiary/aromatic N) is 2. The minimum Gasteiger partial charge on any atom is -0.380 e. The van der Waals surface area contributed by atoms with Crippen LogP contribution in [0.2, 0.25) is 0 Å². The summed E-state index contributed by atoms with van der Waals surface area (Å²) in [4.78, 5) is -0.166. The molecule has 1 heterocycles. The topological polar surface area (TPSA) is 95.1 Å². The number of aromatic nitrogens is 1. The van der Waals surface area contributed by atoms with Crippen molar-refractivity contribution in [2.75, 3.05) is 4.72 Å². The smallest absolute Gasteiger partial charge is 0.380 e. The van der Waals surface area contributed by atoms with Crippen LogP contribution < -0.4 is 4.72 Å². The van der Waals surface area contributed by atoms with Gasteiger partial charge in [-0.25, -0.2) is 12.8 Å². The van der Waals surface area contributed by atoms with Crippen LogP contribution in [0.3, 0.4) is 0 Å². The van der Waals surface area contributed by atoms with Crippen LogP contribution in [-0.2, 0) is 22.9 Å². The number of hydrogen-bond donors (Lipinski definition) is 2. The summed E-state index contributed by atoms with van der Waals surface area (Å²) in [5.41, 5.74) is -2.55. The van der Waals surface area contributed by atoms with E-state index in [2.05, 4.69) is 4.72 Å². The van der Waals surface area contributed by atoms with Gasteiger partial charge in [-0.2, -0.15) is 18.4 Å². The first kappa shape index (κ1) is 27.7. The van der Waals surface area contributed by atoms with Crippen molar-refractivity contribution < 1.29 is 31.1 Å². The summed E-state index contributed by atoms with van der Waals surface area (Å²) in [6.07, 6.45) is -3.78. The molecule has 1 aliphatic carbocycles. The molecule has 1 aromatic carbocycles. The second-order valence-corrected chi connectivity index (χ2v) is 10.7. The molecule has 2 atom stereocenters. The van der Waals surface area contributed by atoms with Gasteiger partial charge in [-0.15, -0.1) is 0 Å². The highest BCUT2D eigenvalue weighted by molar-refractivity contribution is 14.2. The van der Waals surface area contributed by atoms with E-state index in [4.69, 9.17) is 5.26 Å². The van der Waals surface area contributed by atoms with Crippen molar-refractivity contribution in [1.29, 1.82) is 5.26 Å². The molecular weight excluding hydrogens is 597 g/mol. The molecule has 0 amide bonds. The molecule has 3 rings (SSSR count). The van der Waals surface area contributed by atoms with Gasteiger partial charge in [-0.1, -0.05) is 13.8 Å². The molecule has 0 saturated heterocycles. The predicted molar refractivity (Wildman–Crippen MR) is 127 cm³/mol. The number of hydrogen-bond acceptors (Lipinski definition) is 5. The van der Waals surface area contributed by atoms with Crippen molar-refractivity contribution in [2.45, 2.75) is 56.7 Å². The maximum absolute atomic E-state index is 14.2. The third kappa shape index (κ3) is 5.60. The average molecular weight is 619 g/mol. The third-order valence-corrected chi connectivity index (χ3v) is 8.57. The van der Waals surface area contributed by atoms with E-state index in [0.717, 1.165) is 28.2 Å². The lowest BCUT2D eigenvalue weighted by atomic mass is 9.77. The highest BCUT2D eigenvalue weighted by Gasteiger charge is 2.55. The summed E-state index contributed by atoms with van der Waals surface area (Å²) < 4.78 is 83.5. The Morgan fingerprint density at radius 2 is 1.97 bits per heavy atom. The van der Waals surface area contributed by atoms with Gasteiger partial charge in [0.1, 0.15) is 10.7 Å². The minimum absolute atomic E-state index is 0.00251. The van der Waals surface area contributed by atoms with E-state index in [1.54, 1.807) is 6.07 Å². The van der Waals surface area contributed by atoms with Crippen LogP contribution in [0.25, 0.3) is 0 Å².